The van der Waals surface area contributed by atoms with Crippen molar-refractivity contribution in [2.24, 2.45) is 10.7 Å². The maximum absolute atomic E-state index is 13.0. The SMILES string of the molecule is NC(=Nc1ccc(-c2ccc(N)cc2)cn1)Nc1ccccc1C(F)(F)F. The third-order valence-electron chi connectivity index (χ3n) is 3.72. The van der Waals surface area contributed by atoms with Crippen LogP contribution in [0.3, 0.4) is 0 Å². The number of nitrogens with one attached hydrogen (secondary N) is 1. The molecule has 138 valence electrons. The summed E-state index contributed by atoms with van der Waals surface area (Å²) in [4.78, 5) is 8.18. The van der Waals surface area contributed by atoms with E-state index in [2.05, 4.69) is 15.3 Å². The molecular formula is C19H16F3N5. The Bertz CT molecular complexity index is 948. The second kappa shape index (κ2) is 7.36. The fraction of sp³-hybridized carbons (Fsp3) is 0.0526. The number of aromatic nitrogens is 1. The van der Waals surface area contributed by atoms with Crippen molar-refractivity contribution in [3.8, 4) is 11.1 Å². The van der Waals surface area contributed by atoms with Crippen molar-refractivity contribution in [3.05, 3.63) is 72.4 Å². The molecule has 0 aliphatic rings. The Morgan fingerprint density at radius 3 is 2.22 bits per heavy atom. The molecule has 0 spiro atoms. The summed E-state index contributed by atoms with van der Waals surface area (Å²) in [5.41, 5.74) is 12.8. The van der Waals surface area contributed by atoms with E-state index in [0.717, 1.165) is 17.2 Å². The van der Waals surface area contributed by atoms with Crippen molar-refractivity contribution in [3.63, 3.8) is 0 Å². The zero-order chi connectivity index (χ0) is 19.4. The largest absolute Gasteiger partial charge is 0.418 e. The number of anilines is 2. The van der Waals surface area contributed by atoms with Crippen LogP contribution in [-0.2, 0) is 6.18 Å². The van der Waals surface area contributed by atoms with Gasteiger partial charge in [0, 0.05) is 17.4 Å². The van der Waals surface area contributed by atoms with Gasteiger partial charge in [0.25, 0.3) is 0 Å². The Balaban J connectivity index is 1.78. The highest BCUT2D eigenvalue weighted by atomic mass is 19.4. The topological polar surface area (TPSA) is 89.3 Å². The number of hydrogen-bond acceptors (Lipinski definition) is 3. The summed E-state index contributed by atoms with van der Waals surface area (Å²) >= 11 is 0. The third kappa shape index (κ3) is 4.55. The van der Waals surface area contributed by atoms with Crippen LogP contribution in [0, 0.1) is 0 Å². The van der Waals surface area contributed by atoms with E-state index in [9.17, 15) is 13.2 Å². The van der Waals surface area contributed by atoms with Gasteiger partial charge in [0.1, 0.15) is 0 Å². The van der Waals surface area contributed by atoms with Gasteiger partial charge in [-0.15, -0.1) is 0 Å². The fourth-order valence-electron chi connectivity index (χ4n) is 2.43. The van der Waals surface area contributed by atoms with Crippen LogP contribution in [-0.4, -0.2) is 10.9 Å². The molecule has 5 N–H and O–H groups in total. The highest BCUT2D eigenvalue weighted by Crippen LogP contribution is 2.34. The highest BCUT2D eigenvalue weighted by molar-refractivity contribution is 5.94. The van der Waals surface area contributed by atoms with Crippen LogP contribution in [0.15, 0.2) is 71.9 Å². The maximum Gasteiger partial charge on any atom is 0.418 e. The molecule has 0 bridgehead atoms. The number of halogens is 3. The second-order valence-corrected chi connectivity index (χ2v) is 5.69. The molecule has 0 saturated carbocycles. The van der Waals surface area contributed by atoms with E-state index in [0.29, 0.717) is 5.69 Å². The number of pyridine rings is 1. The molecule has 0 amide bonds. The van der Waals surface area contributed by atoms with Gasteiger partial charge in [0.15, 0.2) is 11.8 Å². The summed E-state index contributed by atoms with van der Waals surface area (Å²) in [5.74, 6) is 0.0723. The minimum Gasteiger partial charge on any atom is -0.399 e. The molecule has 0 unspecified atom stereocenters. The number of nitrogens with zero attached hydrogens (tertiary/aromatic N) is 2. The molecule has 2 aromatic carbocycles. The molecule has 5 nitrogen and oxygen atoms in total. The average molecular weight is 371 g/mol. The lowest BCUT2D eigenvalue weighted by atomic mass is 10.1. The molecule has 1 heterocycles. The van der Waals surface area contributed by atoms with Crippen LogP contribution >= 0.6 is 0 Å². The van der Waals surface area contributed by atoms with Crippen LogP contribution in [0.5, 0.6) is 0 Å². The van der Waals surface area contributed by atoms with Gasteiger partial charge in [-0.3, -0.25) is 0 Å². The van der Waals surface area contributed by atoms with Crippen LogP contribution in [0.25, 0.3) is 11.1 Å². The first kappa shape index (κ1) is 18.2. The number of hydrogen-bond donors (Lipinski definition) is 3. The zero-order valence-electron chi connectivity index (χ0n) is 14.0. The summed E-state index contributed by atoms with van der Waals surface area (Å²) in [7, 11) is 0. The van der Waals surface area contributed by atoms with Gasteiger partial charge in [-0.1, -0.05) is 24.3 Å². The number of aliphatic imine (C=N–C) groups is 1. The van der Waals surface area contributed by atoms with Gasteiger partial charge < -0.3 is 16.8 Å². The molecule has 3 aromatic rings. The second-order valence-electron chi connectivity index (χ2n) is 5.69. The number of alkyl halides is 3. The number of nitrogen functional groups attached to an aromatic ring is 1. The summed E-state index contributed by atoms with van der Waals surface area (Å²) in [5, 5.41) is 2.47. The molecule has 0 aliphatic carbocycles. The lowest BCUT2D eigenvalue weighted by Gasteiger charge is -2.13. The minimum atomic E-state index is -4.50. The number of benzene rings is 2. The van der Waals surface area contributed by atoms with Crippen molar-refractivity contribution in [2.45, 2.75) is 6.18 Å². The molecular weight excluding hydrogens is 355 g/mol. The monoisotopic (exact) mass is 371 g/mol. The molecule has 8 heteroatoms. The van der Waals surface area contributed by atoms with Crippen molar-refractivity contribution < 1.29 is 13.2 Å². The molecule has 27 heavy (non-hydrogen) atoms. The summed E-state index contributed by atoms with van der Waals surface area (Å²) in [6.45, 7) is 0. The predicted molar refractivity (Wildman–Crippen MR) is 100 cm³/mol. The average Bonchev–Trinajstić information content (AvgIpc) is 2.62. The van der Waals surface area contributed by atoms with Crippen LogP contribution < -0.4 is 16.8 Å². The van der Waals surface area contributed by atoms with E-state index in [1.54, 1.807) is 30.5 Å². The lowest BCUT2D eigenvalue weighted by molar-refractivity contribution is -0.136. The van der Waals surface area contributed by atoms with Gasteiger partial charge in [-0.2, -0.15) is 18.2 Å². The highest BCUT2D eigenvalue weighted by Gasteiger charge is 2.33. The summed E-state index contributed by atoms with van der Waals surface area (Å²) < 4.78 is 39.0. The predicted octanol–water partition coefficient (Wildman–Crippen LogP) is 4.41. The lowest BCUT2D eigenvalue weighted by Crippen LogP contribution is -2.24. The van der Waals surface area contributed by atoms with E-state index in [4.69, 9.17) is 11.5 Å². The summed E-state index contributed by atoms with van der Waals surface area (Å²) in [6.07, 6.45) is -2.90. The Kier molecular flexibility index (Phi) is 4.98. The molecule has 1 aromatic heterocycles. The Hall–Kier alpha value is -3.55. The molecule has 0 radical (unpaired) electrons. The van der Waals surface area contributed by atoms with E-state index in [-0.39, 0.29) is 17.5 Å². The van der Waals surface area contributed by atoms with Crippen LogP contribution in [0.1, 0.15) is 5.56 Å². The Morgan fingerprint density at radius 2 is 1.59 bits per heavy atom. The zero-order valence-corrected chi connectivity index (χ0v) is 14.0. The molecule has 0 aliphatic heterocycles. The van der Waals surface area contributed by atoms with Gasteiger partial charge in [-0.25, -0.2) is 4.98 Å². The van der Waals surface area contributed by atoms with Gasteiger partial charge >= 0.3 is 6.18 Å². The first-order valence-corrected chi connectivity index (χ1v) is 7.92. The van der Waals surface area contributed by atoms with Gasteiger partial charge in [0.2, 0.25) is 0 Å². The molecule has 0 atom stereocenters. The summed E-state index contributed by atoms with van der Waals surface area (Å²) in [6, 6.07) is 15.7. The van der Waals surface area contributed by atoms with Crippen molar-refractivity contribution >= 4 is 23.2 Å². The first-order chi connectivity index (χ1) is 12.8. The van der Waals surface area contributed by atoms with Crippen molar-refractivity contribution in [1.29, 1.82) is 0 Å². The number of rotatable bonds is 3. The standard InChI is InChI=1S/C19H16F3N5/c20-19(21,22)15-3-1-2-4-16(15)26-18(24)27-17-10-7-13(11-25-17)12-5-8-14(23)9-6-12/h1-11H,23H2,(H3,24,25,26,27). The Morgan fingerprint density at radius 1 is 0.926 bits per heavy atom. The van der Waals surface area contributed by atoms with Crippen LogP contribution in [0.2, 0.25) is 0 Å². The third-order valence-corrected chi connectivity index (χ3v) is 3.72. The van der Waals surface area contributed by atoms with E-state index in [1.165, 1.54) is 18.2 Å². The molecule has 0 saturated heterocycles. The van der Waals surface area contributed by atoms with E-state index < -0.39 is 11.7 Å². The van der Waals surface area contributed by atoms with Gasteiger partial charge in [0.05, 0.1) is 11.3 Å². The van der Waals surface area contributed by atoms with E-state index in [1.807, 2.05) is 12.1 Å². The first-order valence-electron chi connectivity index (χ1n) is 7.92. The van der Waals surface area contributed by atoms with Gasteiger partial charge in [-0.05, 0) is 42.0 Å². The van der Waals surface area contributed by atoms with Crippen molar-refractivity contribution in [2.75, 3.05) is 11.1 Å². The molecule has 0 fully saturated rings. The van der Waals surface area contributed by atoms with Crippen molar-refractivity contribution in [1.82, 2.24) is 4.98 Å². The quantitative estimate of drug-likeness (QED) is 0.361. The number of para-hydroxylation sites is 1. The minimum absolute atomic E-state index is 0.176. The number of nitrogens with two attached hydrogens (primary N) is 2. The fourth-order valence-corrected chi connectivity index (χ4v) is 2.43. The van der Waals surface area contributed by atoms with Crippen LogP contribution in [0.4, 0.5) is 30.4 Å². The maximum atomic E-state index is 13.0. The number of guanidine groups is 1. The molecule has 3 rings (SSSR count). The smallest absolute Gasteiger partial charge is 0.399 e. The normalized spacial score (nSPS) is 12.0. The van der Waals surface area contributed by atoms with E-state index >= 15 is 0 Å². The Labute approximate surface area is 153 Å².